The van der Waals surface area contributed by atoms with Gasteiger partial charge in [0.15, 0.2) is 0 Å². The topological polar surface area (TPSA) is 23.8 Å². The van der Waals surface area contributed by atoms with Gasteiger partial charge in [0, 0.05) is 5.92 Å². The van der Waals surface area contributed by atoms with E-state index in [0.29, 0.717) is 16.7 Å². The van der Waals surface area contributed by atoms with E-state index in [9.17, 15) is 5.26 Å². The Hall–Kier alpha value is -0.950. The summed E-state index contributed by atoms with van der Waals surface area (Å²) in [5.74, 6) is 5.41. The third kappa shape index (κ3) is 2.49. The van der Waals surface area contributed by atoms with Crippen LogP contribution < -0.4 is 0 Å². The lowest BCUT2D eigenvalue weighted by Gasteiger charge is -2.62. The van der Waals surface area contributed by atoms with Gasteiger partial charge in [-0.1, -0.05) is 19.8 Å². The van der Waals surface area contributed by atoms with Gasteiger partial charge in [0.2, 0.25) is 0 Å². The normalized spacial score (nSPS) is 52.1. The summed E-state index contributed by atoms with van der Waals surface area (Å²) >= 11 is 0. The monoisotopic (exact) mass is 351 g/mol. The summed E-state index contributed by atoms with van der Waals surface area (Å²) < 4.78 is 0. The summed E-state index contributed by atoms with van der Waals surface area (Å²) in [6, 6.07) is 2.67. The first kappa shape index (κ1) is 18.4. The highest BCUT2D eigenvalue weighted by Gasteiger charge is 2.62. The number of fused-ring (bicyclic) bond motifs is 4. The second-order valence-corrected chi connectivity index (χ2v) is 10.6. The molecule has 26 heavy (non-hydrogen) atoms. The molecule has 1 nitrogen and oxygen atoms in total. The molecule has 5 rings (SSSR count). The van der Waals surface area contributed by atoms with Gasteiger partial charge >= 0.3 is 0 Å². The Labute approximate surface area is 161 Å². The molecule has 0 saturated heterocycles. The van der Waals surface area contributed by atoms with Gasteiger partial charge in [-0.2, -0.15) is 5.26 Å². The van der Waals surface area contributed by atoms with Gasteiger partial charge < -0.3 is 0 Å². The summed E-state index contributed by atoms with van der Waals surface area (Å²) in [6.07, 6.45) is 26.9. The van der Waals surface area contributed by atoms with Gasteiger partial charge in [-0.3, -0.25) is 0 Å². The van der Waals surface area contributed by atoms with Crippen LogP contribution in [0.5, 0.6) is 0 Å². The van der Waals surface area contributed by atoms with Gasteiger partial charge in [-0.15, -0.1) is 12.8 Å². The van der Waals surface area contributed by atoms with Crippen LogP contribution in [0.4, 0.5) is 0 Å². The molecule has 0 bridgehead atoms. The standard InChI is InChI=1S/C23H35N.C2H2/c1-22-12-3-2-4-17(22)7-9-19-20(22)11-13-23-14-16(15-24)5-6-18(23)8-10-21(19)23;1-2/h16-21H,2-14H2,1H3;1-2H/t16?,17?,18-,19?,20?,21?,22?,23?;/m0./s1. The number of nitriles is 1. The molecule has 5 aliphatic carbocycles. The van der Waals surface area contributed by atoms with Crippen LogP contribution in [-0.2, 0) is 0 Å². The first-order valence-corrected chi connectivity index (χ1v) is 11.4. The Morgan fingerprint density at radius 3 is 2.38 bits per heavy atom. The lowest BCUT2D eigenvalue weighted by Crippen LogP contribution is -2.54. The van der Waals surface area contributed by atoms with Crippen molar-refractivity contribution in [2.45, 2.75) is 90.4 Å². The first-order chi connectivity index (χ1) is 12.7. The molecule has 5 saturated carbocycles. The molecule has 142 valence electrons. The van der Waals surface area contributed by atoms with Crippen LogP contribution in [0.3, 0.4) is 0 Å². The number of rotatable bonds is 0. The average molecular weight is 352 g/mol. The van der Waals surface area contributed by atoms with Crippen LogP contribution in [0.15, 0.2) is 0 Å². The van der Waals surface area contributed by atoms with E-state index in [2.05, 4.69) is 25.8 Å². The van der Waals surface area contributed by atoms with E-state index in [0.717, 1.165) is 29.6 Å². The summed E-state index contributed by atoms with van der Waals surface area (Å²) in [7, 11) is 0. The predicted octanol–water partition coefficient (Wildman–Crippen LogP) is 6.59. The highest BCUT2D eigenvalue weighted by Crippen LogP contribution is 2.70. The van der Waals surface area contributed by atoms with E-state index in [-0.39, 0.29) is 0 Å². The maximum Gasteiger partial charge on any atom is 0.0656 e. The van der Waals surface area contributed by atoms with E-state index < -0.39 is 0 Å². The van der Waals surface area contributed by atoms with Crippen molar-refractivity contribution in [2.24, 2.45) is 46.3 Å². The summed E-state index contributed by atoms with van der Waals surface area (Å²) in [5, 5.41) is 9.58. The molecule has 0 aromatic heterocycles. The summed E-state index contributed by atoms with van der Waals surface area (Å²) in [6.45, 7) is 2.69. The van der Waals surface area contributed by atoms with E-state index >= 15 is 0 Å². The highest BCUT2D eigenvalue weighted by molar-refractivity contribution is 5.12. The Kier molecular flexibility index (Phi) is 4.88. The molecular formula is C25H37N. The van der Waals surface area contributed by atoms with E-state index in [1.54, 1.807) is 0 Å². The van der Waals surface area contributed by atoms with Gasteiger partial charge in [-0.05, 0) is 111 Å². The quantitative estimate of drug-likeness (QED) is 0.452. The molecule has 5 aliphatic rings. The molecule has 5 fully saturated rings. The van der Waals surface area contributed by atoms with Crippen molar-refractivity contribution in [3.63, 3.8) is 0 Å². The molecule has 0 aromatic rings. The summed E-state index contributed by atoms with van der Waals surface area (Å²) in [4.78, 5) is 0. The van der Waals surface area contributed by atoms with Crippen LogP contribution in [0, 0.1) is 70.5 Å². The van der Waals surface area contributed by atoms with Crippen molar-refractivity contribution in [3.8, 4) is 18.9 Å². The Morgan fingerprint density at radius 2 is 1.58 bits per heavy atom. The van der Waals surface area contributed by atoms with Crippen molar-refractivity contribution in [1.29, 1.82) is 5.26 Å². The number of hydrogen-bond acceptors (Lipinski definition) is 1. The Bertz CT molecular complexity index is 585. The van der Waals surface area contributed by atoms with Gasteiger partial charge in [-0.25, -0.2) is 0 Å². The van der Waals surface area contributed by atoms with Crippen LogP contribution in [0.2, 0.25) is 0 Å². The molecule has 8 atom stereocenters. The summed E-state index contributed by atoms with van der Waals surface area (Å²) in [5.41, 5.74) is 1.27. The Morgan fingerprint density at radius 1 is 0.808 bits per heavy atom. The third-order valence-corrected chi connectivity index (χ3v) is 10.2. The zero-order chi connectivity index (χ0) is 18.4. The fraction of sp³-hybridized carbons (Fsp3) is 0.880. The second kappa shape index (κ2) is 6.89. The van der Waals surface area contributed by atoms with E-state index in [1.165, 1.54) is 83.5 Å². The minimum absolute atomic E-state index is 0.375. The predicted molar refractivity (Wildman–Crippen MR) is 107 cm³/mol. The second-order valence-electron chi connectivity index (χ2n) is 10.6. The van der Waals surface area contributed by atoms with Crippen molar-refractivity contribution < 1.29 is 0 Å². The van der Waals surface area contributed by atoms with Crippen molar-refractivity contribution in [2.75, 3.05) is 0 Å². The first-order valence-electron chi connectivity index (χ1n) is 11.4. The van der Waals surface area contributed by atoms with Gasteiger partial charge in [0.25, 0.3) is 0 Å². The lowest BCUT2D eigenvalue weighted by molar-refractivity contribution is -0.126. The SMILES string of the molecule is C#C.CC12CCCCC1CCC1C2CCC23CC(C#N)CC[C@H]2CCC13. The largest absolute Gasteiger partial charge is 0.198 e. The van der Waals surface area contributed by atoms with Crippen LogP contribution in [-0.4, -0.2) is 0 Å². The molecule has 0 N–H and O–H groups in total. The van der Waals surface area contributed by atoms with Gasteiger partial charge in [0.1, 0.15) is 0 Å². The fourth-order valence-corrected chi connectivity index (χ4v) is 9.14. The molecule has 0 aromatic carbocycles. The van der Waals surface area contributed by atoms with E-state index in [1.807, 2.05) is 0 Å². The fourth-order valence-electron chi connectivity index (χ4n) is 9.14. The number of terminal acetylenes is 1. The van der Waals surface area contributed by atoms with Crippen molar-refractivity contribution in [3.05, 3.63) is 0 Å². The number of hydrogen-bond donors (Lipinski definition) is 0. The molecule has 0 radical (unpaired) electrons. The molecular weight excluding hydrogens is 314 g/mol. The van der Waals surface area contributed by atoms with Crippen LogP contribution in [0.25, 0.3) is 0 Å². The maximum absolute atomic E-state index is 9.58. The zero-order valence-electron chi connectivity index (χ0n) is 16.8. The molecule has 0 aliphatic heterocycles. The molecule has 7 unspecified atom stereocenters. The zero-order valence-corrected chi connectivity index (χ0v) is 16.8. The average Bonchev–Trinajstić information content (AvgIpc) is 3.08. The van der Waals surface area contributed by atoms with E-state index in [4.69, 9.17) is 0 Å². The lowest BCUT2D eigenvalue weighted by atomic mass is 9.43. The van der Waals surface area contributed by atoms with Gasteiger partial charge in [0.05, 0.1) is 6.07 Å². The minimum atomic E-state index is 0.375. The molecule has 1 heteroatoms. The van der Waals surface area contributed by atoms with Crippen molar-refractivity contribution in [1.82, 2.24) is 0 Å². The smallest absolute Gasteiger partial charge is 0.0656 e. The Balaban J connectivity index is 0.000000814. The minimum Gasteiger partial charge on any atom is -0.198 e. The molecule has 0 heterocycles. The van der Waals surface area contributed by atoms with Crippen LogP contribution >= 0.6 is 0 Å². The molecule has 1 spiro atoms. The molecule has 0 amide bonds. The maximum atomic E-state index is 9.58. The van der Waals surface area contributed by atoms with Crippen LogP contribution in [0.1, 0.15) is 90.4 Å². The third-order valence-electron chi connectivity index (χ3n) is 10.2. The number of nitrogens with zero attached hydrogens (tertiary/aromatic N) is 1. The van der Waals surface area contributed by atoms with Crippen molar-refractivity contribution >= 4 is 0 Å². The highest BCUT2D eigenvalue weighted by atomic mass is 14.7.